The Balaban J connectivity index is 2.08. The van der Waals surface area contributed by atoms with Gasteiger partial charge in [-0.1, -0.05) is 18.0 Å². The van der Waals surface area contributed by atoms with Crippen LogP contribution in [0.25, 0.3) is 0 Å². The maximum absolute atomic E-state index is 12.5. The molecule has 5 heteroatoms. The van der Waals surface area contributed by atoms with Crippen LogP contribution in [-0.4, -0.2) is 41.4 Å². The van der Waals surface area contributed by atoms with Gasteiger partial charge in [0, 0.05) is 23.0 Å². The Hall–Kier alpha value is -1.39. The van der Waals surface area contributed by atoms with Crippen LogP contribution in [0.15, 0.2) is 24.3 Å². The van der Waals surface area contributed by atoms with Crippen molar-refractivity contribution in [3.8, 4) is 0 Å². The molecule has 4 nitrogen and oxygen atoms in total. The Kier molecular flexibility index (Phi) is 5.76. The molecule has 0 aromatic heterocycles. The topological polar surface area (TPSA) is 57.6 Å². The maximum Gasteiger partial charge on any atom is 0.304 e. The molecule has 1 unspecified atom stereocenters. The minimum Gasteiger partial charge on any atom is -0.481 e. The number of carbonyl (C=O) groups is 2. The van der Waals surface area contributed by atoms with Crippen LogP contribution >= 0.6 is 11.6 Å². The van der Waals surface area contributed by atoms with E-state index in [1.807, 2.05) is 0 Å². The highest BCUT2D eigenvalue weighted by Crippen LogP contribution is 2.19. The van der Waals surface area contributed by atoms with Gasteiger partial charge in [0.1, 0.15) is 0 Å². The fourth-order valence-corrected chi connectivity index (χ4v) is 2.88. The first-order valence-corrected chi connectivity index (χ1v) is 7.68. The van der Waals surface area contributed by atoms with Crippen LogP contribution in [0.5, 0.6) is 0 Å². The average molecular weight is 310 g/mol. The summed E-state index contributed by atoms with van der Waals surface area (Å²) < 4.78 is 0. The van der Waals surface area contributed by atoms with Crippen LogP contribution in [0, 0.1) is 5.92 Å². The monoisotopic (exact) mass is 309 g/mol. The van der Waals surface area contributed by atoms with Gasteiger partial charge in [-0.2, -0.15) is 0 Å². The Morgan fingerprint density at radius 2 is 1.76 bits per heavy atom. The molecule has 1 saturated heterocycles. The summed E-state index contributed by atoms with van der Waals surface area (Å²) in [6, 6.07) is 6.65. The molecule has 0 aliphatic carbocycles. The lowest BCUT2D eigenvalue weighted by atomic mass is 9.93. The lowest BCUT2D eigenvalue weighted by Crippen LogP contribution is -2.37. The second kappa shape index (κ2) is 7.57. The molecule has 0 amide bonds. The highest BCUT2D eigenvalue weighted by Gasteiger charge is 2.26. The summed E-state index contributed by atoms with van der Waals surface area (Å²) in [5.41, 5.74) is 0.530. The van der Waals surface area contributed by atoms with Crippen molar-refractivity contribution in [2.45, 2.75) is 25.7 Å². The summed E-state index contributed by atoms with van der Waals surface area (Å²) in [6.07, 6.45) is 3.33. The molecule has 114 valence electrons. The van der Waals surface area contributed by atoms with Gasteiger partial charge in [0.15, 0.2) is 5.78 Å². The number of benzene rings is 1. The third kappa shape index (κ3) is 4.83. The summed E-state index contributed by atoms with van der Waals surface area (Å²) in [7, 11) is 0. The largest absolute Gasteiger partial charge is 0.481 e. The molecule has 0 radical (unpaired) electrons. The maximum atomic E-state index is 12.5. The minimum absolute atomic E-state index is 0.111. The summed E-state index contributed by atoms with van der Waals surface area (Å²) >= 11 is 5.82. The van der Waals surface area contributed by atoms with Crippen molar-refractivity contribution < 1.29 is 14.7 Å². The van der Waals surface area contributed by atoms with E-state index >= 15 is 0 Å². The first kappa shape index (κ1) is 16.0. The SMILES string of the molecule is O=C(O)CC(CN1CCCCC1)C(=O)c1ccc(Cl)cc1. The highest BCUT2D eigenvalue weighted by atomic mass is 35.5. The van der Waals surface area contributed by atoms with E-state index in [4.69, 9.17) is 16.7 Å². The molecule has 1 aliphatic rings. The van der Waals surface area contributed by atoms with Crippen molar-refractivity contribution in [1.82, 2.24) is 4.90 Å². The molecule has 1 fully saturated rings. The van der Waals surface area contributed by atoms with E-state index < -0.39 is 11.9 Å². The van der Waals surface area contributed by atoms with Crippen LogP contribution in [0.1, 0.15) is 36.0 Å². The number of likely N-dealkylation sites (tertiary alicyclic amines) is 1. The van der Waals surface area contributed by atoms with E-state index in [2.05, 4.69) is 4.90 Å². The zero-order valence-corrected chi connectivity index (χ0v) is 12.7. The Morgan fingerprint density at radius 1 is 1.14 bits per heavy atom. The number of ketones is 1. The van der Waals surface area contributed by atoms with Crippen molar-refractivity contribution in [3.63, 3.8) is 0 Å². The van der Waals surface area contributed by atoms with Gasteiger partial charge in [0.25, 0.3) is 0 Å². The zero-order valence-electron chi connectivity index (χ0n) is 11.9. The van der Waals surface area contributed by atoms with E-state index in [9.17, 15) is 9.59 Å². The number of aliphatic carboxylic acids is 1. The van der Waals surface area contributed by atoms with Crippen molar-refractivity contribution in [2.24, 2.45) is 5.92 Å². The molecule has 1 aliphatic heterocycles. The predicted molar refractivity (Wildman–Crippen MR) is 81.8 cm³/mol. The smallest absolute Gasteiger partial charge is 0.304 e. The van der Waals surface area contributed by atoms with Crippen LogP contribution in [-0.2, 0) is 4.79 Å². The minimum atomic E-state index is -0.931. The van der Waals surface area contributed by atoms with Crippen LogP contribution in [0.3, 0.4) is 0 Å². The number of nitrogens with zero attached hydrogens (tertiary/aromatic N) is 1. The van der Waals surface area contributed by atoms with Gasteiger partial charge in [-0.15, -0.1) is 0 Å². The van der Waals surface area contributed by atoms with E-state index in [1.54, 1.807) is 24.3 Å². The van der Waals surface area contributed by atoms with Crippen molar-refractivity contribution >= 4 is 23.4 Å². The lowest BCUT2D eigenvalue weighted by molar-refractivity contribution is -0.137. The van der Waals surface area contributed by atoms with Gasteiger partial charge >= 0.3 is 5.97 Å². The van der Waals surface area contributed by atoms with Crippen molar-refractivity contribution in [1.29, 1.82) is 0 Å². The lowest BCUT2D eigenvalue weighted by Gasteiger charge is -2.29. The third-order valence-corrected chi connectivity index (χ3v) is 4.10. The number of carbonyl (C=O) groups excluding carboxylic acids is 1. The van der Waals surface area contributed by atoms with Gasteiger partial charge in [0.05, 0.1) is 6.42 Å². The Labute approximate surface area is 129 Å². The molecule has 1 aromatic rings. The quantitative estimate of drug-likeness (QED) is 0.820. The molecule has 1 N–H and O–H groups in total. The van der Waals surface area contributed by atoms with E-state index in [0.717, 1.165) is 25.9 Å². The molecule has 0 saturated carbocycles. The van der Waals surface area contributed by atoms with Crippen molar-refractivity contribution in [3.05, 3.63) is 34.9 Å². The standard InChI is InChI=1S/C16H20ClNO3/c17-14-6-4-12(5-7-14)16(21)13(10-15(19)20)11-18-8-2-1-3-9-18/h4-7,13H,1-3,8-11H2,(H,19,20). The van der Waals surface area contributed by atoms with Gasteiger partial charge in [0.2, 0.25) is 0 Å². The van der Waals surface area contributed by atoms with Crippen LogP contribution in [0.4, 0.5) is 0 Å². The molecular formula is C16H20ClNO3. The summed E-state index contributed by atoms with van der Waals surface area (Å²) in [4.78, 5) is 25.8. The molecule has 1 atom stereocenters. The van der Waals surface area contributed by atoms with Crippen LogP contribution < -0.4 is 0 Å². The van der Waals surface area contributed by atoms with E-state index in [1.165, 1.54) is 6.42 Å². The number of carboxylic acids is 1. The number of Topliss-reactive ketones (excluding diaryl/α,β-unsaturated/α-hetero) is 1. The van der Waals surface area contributed by atoms with Gasteiger partial charge < -0.3 is 10.0 Å². The van der Waals surface area contributed by atoms with Crippen LogP contribution in [0.2, 0.25) is 5.02 Å². The first-order chi connectivity index (χ1) is 10.1. The molecule has 21 heavy (non-hydrogen) atoms. The normalized spacial score (nSPS) is 17.4. The second-order valence-electron chi connectivity index (χ2n) is 5.53. The van der Waals surface area contributed by atoms with Gasteiger partial charge in [-0.25, -0.2) is 0 Å². The second-order valence-corrected chi connectivity index (χ2v) is 5.96. The van der Waals surface area contributed by atoms with Gasteiger partial charge in [-0.05, 0) is 50.2 Å². The molecule has 1 aromatic carbocycles. The van der Waals surface area contributed by atoms with Crippen molar-refractivity contribution in [2.75, 3.05) is 19.6 Å². The number of carboxylic acid groups (broad SMARTS) is 1. The summed E-state index contributed by atoms with van der Waals surface area (Å²) in [5.74, 6) is -1.54. The summed E-state index contributed by atoms with van der Waals surface area (Å²) in [5, 5.41) is 9.63. The molecule has 2 rings (SSSR count). The molecule has 0 bridgehead atoms. The number of hydrogen-bond donors (Lipinski definition) is 1. The molecule has 1 heterocycles. The summed E-state index contributed by atoms with van der Waals surface area (Å²) in [6.45, 7) is 2.42. The number of piperidine rings is 1. The number of halogens is 1. The third-order valence-electron chi connectivity index (χ3n) is 3.85. The number of hydrogen-bond acceptors (Lipinski definition) is 3. The molecular weight excluding hydrogens is 290 g/mol. The Bertz CT molecular complexity index is 495. The number of rotatable bonds is 6. The van der Waals surface area contributed by atoms with E-state index in [0.29, 0.717) is 17.1 Å². The zero-order chi connectivity index (χ0) is 15.2. The predicted octanol–water partition coefficient (Wildman–Crippen LogP) is 3.10. The fourth-order valence-electron chi connectivity index (χ4n) is 2.75. The molecule has 0 spiro atoms. The van der Waals surface area contributed by atoms with E-state index in [-0.39, 0.29) is 12.2 Å². The average Bonchev–Trinajstić information content (AvgIpc) is 2.47. The highest BCUT2D eigenvalue weighted by molar-refractivity contribution is 6.30. The first-order valence-electron chi connectivity index (χ1n) is 7.30. The Morgan fingerprint density at radius 3 is 2.33 bits per heavy atom. The van der Waals surface area contributed by atoms with Gasteiger partial charge in [-0.3, -0.25) is 9.59 Å². The fraction of sp³-hybridized carbons (Fsp3) is 0.500.